The SMILES string of the molecule is CCNc1nc(Cl)nc(N(CC)Cc2ccco2)n1. The minimum atomic E-state index is 0.179. The molecule has 2 aromatic rings. The van der Waals surface area contributed by atoms with Gasteiger partial charge in [0.25, 0.3) is 0 Å². The number of rotatable bonds is 6. The smallest absolute Gasteiger partial charge is 0.231 e. The van der Waals surface area contributed by atoms with Gasteiger partial charge in [-0.1, -0.05) is 0 Å². The maximum atomic E-state index is 5.92. The van der Waals surface area contributed by atoms with Crippen LogP contribution >= 0.6 is 11.6 Å². The van der Waals surface area contributed by atoms with Crippen LogP contribution in [-0.4, -0.2) is 28.0 Å². The van der Waals surface area contributed by atoms with E-state index in [9.17, 15) is 0 Å². The third-order valence-corrected chi connectivity index (χ3v) is 2.69. The maximum absolute atomic E-state index is 5.92. The first kappa shape index (κ1) is 13.6. The summed E-state index contributed by atoms with van der Waals surface area (Å²) in [7, 11) is 0. The molecular weight excluding hydrogens is 266 g/mol. The average molecular weight is 282 g/mol. The number of hydrogen-bond donors (Lipinski definition) is 1. The van der Waals surface area contributed by atoms with Crippen LogP contribution < -0.4 is 10.2 Å². The molecule has 0 aromatic carbocycles. The average Bonchev–Trinajstić information content (AvgIpc) is 2.88. The van der Waals surface area contributed by atoms with Gasteiger partial charge in [-0.25, -0.2) is 0 Å². The van der Waals surface area contributed by atoms with Crippen molar-refractivity contribution in [2.24, 2.45) is 0 Å². The summed E-state index contributed by atoms with van der Waals surface area (Å²) >= 11 is 5.92. The van der Waals surface area contributed by atoms with Gasteiger partial charge in [0.1, 0.15) is 5.76 Å². The Labute approximate surface area is 116 Å². The second-order valence-electron chi connectivity index (χ2n) is 3.85. The Bertz CT molecular complexity index is 517. The third-order valence-electron chi connectivity index (χ3n) is 2.52. The molecule has 6 nitrogen and oxygen atoms in total. The monoisotopic (exact) mass is 281 g/mol. The molecule has 0 saturated carbocycles. The Morgan fingerprint density at radius 1 is 1.32 bits per heavy atom. The molecule has 7 heteroatoms. The van der Waals surface area contributed by atoms with E-state index in [1.807, 2.05) is 30.9 Å². The van der Waals surface area contributed by atoms with Gasteiger partial charge in [0.05, 0.1) is 12.8 Å². The first-order valence-electron chi connectivity index (χ1n) is 6.15. The summed E-state index contributed by atoms with van der Waals surface area (Å²) < 4.78 is 5.33. The van der Waals surface area contributed by atoms with Crippen molar-refractivity contribution in [2.45, 2.75) is 20.4 Å². The predicted molar refractivity (Wildman–Crippen MR) is 74.4 cm³/mol. The molecule has 2 aromatic heterocycles. The fraction of sp³-hybridized carbons (Fsp3) is 0.417. The highest BCUT2D eigenvalue weighted by atomic mass is 35.5. The molecule has 2 rings (SSSR count). The van der Waals surface area contributed by atoms with Crippen LogP contribution in [0.25, 0.3) is 0 Å². The van der Waals surface area contributed by atoms with Gasteiger partial charge < -0.3 is 14.6 Å². The predicted octanol–water partition coefficient (Wildman–Crippen LogP) is 2.58. The lowest BCUT2D eigenvalue weighted by Gasteiger charge is -2.19. The summed E-state index contributed by atoms with van der Waals surface area (Å²) in [5, 5.41) is 3.21. The summed E-state index contributed by atoms with van der Waals surface area (Å²) in [6, 6.07) is 3.77. The van der Waals surface area contributed by atoms with Gasteiger partial charge >= 0.3 is 0 Å². The third kappa shape index (κ3) is 3.57. The van der Waals surface area contributed by atoms with Crippen molar-refractivity contribution in [1.82, 2.24) is 15.0 Å². The fourth-order valence-electron chi connectivity index (χ4n) is 1.63. The molecule has 0 amide bonds. The summed E-state index contributed by atoms with van der Waals surface area (Å²) in [6.45, 7) is 6.05. The van der Waals surface area contributed by atoms with E-state index in [0.29, 0.717) is 18.4 Å². The zero-order valence-electron chi connectivity index (χ0n) is 10.9. The lowest BCUT2D eigenvalue weighted by atomic mass is 10.4. The van der Waals surface area contributed by atoms with Gasteiger partial charge in [0.2, 0.25) is 17.2 Å². The minimum absolute atomic E-state index is 0.179. The molecule has 0 bridgehead atoms. The second kappa shape index (κ2) is 6.38. The molecule has 0 fully saturated rings. The van der Waals surface area contributed by atoms with Crippen molar-refractivity contribution in [3.8, 4) is 0 Å². The number of nitrogens with zero attached hydrogens (tertiary/aromatic N) is 4. The second-order valence-corrected chi connectivity index (χ2v) is 4.19. The van der Waals surface area contributed by atoms with Crippen LogP contribution in [0.4, 0.5) is 11.9 Å². The minimum Gasteiger partial charge on any atom is -0.467 e. The van der Waals surface area contributed by atoms with Crippen molar-refractivity contribution in [1.29, 1.82) is 0 Å². The molecule has 1 N–H and O–H groups in total. The number of nitrogens with one attached hydrogen (secondary N) is 1. The quantitative estimate of drug-likeness (QED) is 0.878. The largest absolute Gasteiger partial charge is 0.467 e. The maximum Gasteiger partial charge on any atom is 0.231 e. The number of aromatic nitrogens is 3. The van der Waals surface area contributed by atoms with Crippen molar-refractivity contribution < 1.29 is 4.42 Å². The topological polar surface area (TPSA) is 67.1 Å². The van der Waals surface area contributed by atoms with E-state index in [4.69, 9.17) is 16.0 Å². The Hall–Kier alpha value is -1.82. The molecule has 2 heterocycles. The molecule has 0 aliphatic rings. The summed E-state index contributed by atoms with van der Waals surface area (Å²) in [4.78, 5) is 14.5. The van der Waals surface area contributed by atoms with Gasteiger partial charge in [0, 0.05) is 13.1 Å². The lowest BCUT2D eigenvalue weighted by molar-refractivity contribution is 0.501. The molecule has 0 aliphatic carbocycles. The van der Waals surface area contributed by atoms with E-state index in [1.165, 1.54) is 0 Å². The summed E-state index contributed by atoms with van der Waals surface area (Å²) in [5.41, 5.74) is 0. The number of halogens is 1. The van der Waals surface area contributed by atoms with Gasteiger partial charge in [0.15, 0.2) is 0 Å². The standard InChI is InChI=1S/C12H16ClN5O/c1-3-14-11-15-10(13)16-12(17-11)18(4-2)8-9-6-5-7-19-9/h5-7H,3-4,8H2,1-2H3,(H,14,15,16,17). The fourth-order valence-corrected chi connectivity index (χ4v) is 1.79. The van der Waals surface area contributed by atoms with Gasteiger partial charge in [-0.2, -0.15) is 15.0 Å². The van der Waals surface area contributed by atoms with Crippen molar-refractivity contribution >= 4 is 23.5 Å². The van der Waals surface area contributed by atoms with Crippen molar-refractivity contribution in [2.75, 3.05) is 23.3 Å². The summed E-state index contributed by atoms with van der Waals surface area (Å²) in [5.74, 6) is 1.87. The van der Waals surface area contributed by atoms with Crippen molar-refractivity contribution in [3.63, 3.8) is 0 Å². The molecule has 0 unspecified atom stereocenters. The first-order chi connectivity index (χ1) is 9.22. The number of anilines is 2. The first-order valence-corrected chi connectivity index (χ1v) is 6.53. The van der Waals surface area contributed by atoms with E-state index in [1.54, 1.807) is 6.26 Å². The highest BCUT2D eigenvalue weighted by Crippen LogP contribution is 2.16. The van der Waals surface area contributed by atoms with Gasteiger partial charge in [-0.05, 0) is 37.6 Å². The van der Waals surface area contributed by atoms with Gasteiger partial charge in [-0.3, -0.25) is 0 Å². The van der Waals surface area contributed by atoms with Crippen LogP contribution in [0.2, 0.25) is 5.28 Å². The van der Waals surface area contributed by atoms with Crippen molar-refractivity contribution in [3.05, 3.63) is 29.4 Å². The molecule has 19 heavy (non-hydrogen) atoms. The van der Waals surface area contributed by atoms with Crippen LogP contribution in [0.1, 0.15) is 19.6 Å². The molecule has 102 valence electrons. The number of hydrogen-bond acceptors (Lipinski definition) is 6. The van der Waals surface area contributed by atoms with Crippen LogP contribution in [-0.2, 0) is 6.54 Å². The zero-order valence-corrected chi connectivity index (χ0v) is 11.7. The molecule has 0 saturated heterocycles. The Kier molecular flexibility index (Phi) is 4.57. The normalized spacial score (nSPS) is 10.5. The molecule has 0 radical (unpaired) electrons. The Morgan fingerprint density at radius 2 is 2.16 bits per heavy atom. The van der Waals surface area contributed by atoms with E-state index in [0.717, 1.165) is 18.8 Å². The van der Waals surface area contributed by atoms with Gasteiger partial charge in [-0.15, -0.1) is 0 Å². The molecule has 0 aliphatic heterocycles. The van der Waals surface area contributed by atoms with Crippen LogP contribution in [0.3, 0.4) is 0 Å². The highest BCUT2D eigenvalue weighted by molar-refractivity contribution is 6.28. The molecular formula is C12H16ClN5O. The number of furan rings is 1. The Balaban J connectivity index is 2.21. The van der Waals surface area contributed by atoms with E-state index in [2.05, 4.69) is 20.3 Å². The zero-order chi connectivity index (χ0) is 13.7. The van der Waals surface area contributed by atoms with E-state index in [-0.39, 0.29) is 5.28 Å². The lowest BCUT2D eigenvalue weighted by Crippen LogP contribution is -2.24. The van der Waals surface area contributed by atoms with Crippen LogP contribution in [0.15, 0.2) is 22.8 Å². The van der Waals surface area contributed by atoms with Crippen LogP contribution in [0, 0.1) is 0 Å². The Morgan fingerprint density at radius 3 is 2.79 bits per heavy atom. The molecule has 0 spiro atoms. The van der Waals surface area contributed by atoms with E-state index < -0.39 is 0 Å². The van der Waals surface area contributed by atoms with Crippen LogP contribution in [0.5, 0.6) is 0 Å². The van der Waals surface area contributed by atoms with E-state index >= 15 is 0 Å². The highest BCUT2D eigenvalue weighted by Gasteiger charge is 2.13. The summed E-state index contributed by atoms with van der Waals surface area (Å²) in [6.07, 6.45) is 1.65. The molecule has 0 atom stereocenters.